The van der Waals surface area contributed by atoms with Gasteiger partial charge in [0.15, 0.2) is 0 Å². The predicted molar refractivity (Wildman–Crippen MR) is 494 cm³/mol. The smallest absolute Gasteiger partial charge is 0.118 e. The standard InChI is InChI=1S/6C17H27NO2/c6*1-18(2)13-16(17(19)11-5-4-6-12-17)14-7-9-15(20-3)10-8-14/h6*7-10,16,19H,4-6,11-13H2,1-3H3/i1D3,2D3,3D3,4D2,5D2,6D2,11D2,12D2,16D;1D3,2D3,3D3,4D2,5D2,6D2,11D2,12D2,13D2;3D3,4D2,5D2,6D2,11D2,12D2,13D2,16D;1D3,3D3,4D2,5D2,6D2,11D2,12D2,16D;1D3,3D3,4D2,5D2,6D2,11D2,12D2,13D2;3D3,4D2,5D2,6D2,11D2,12D2,16D. The summed E-state index contributed by atoms with van der Waals surface area (Å²) < 4.78 is 878. The molecule has 0 bridgehead atoms. The van der Waals surface area contributed by atoms with Crippen molar-refractivity contribution in [3.05, 3.63) is 179 Å². The molecule has 6 N–H and O–H groups in total. The molecule has 0 aliphatic heterocycles. The normalized spacial score (nSPS) is 48.2. The third-order valence-corrected chi connectivity index (χ3v) is 16.2. The highest BCUT2D eigenvalue weighted by molar-refractivity contribution is 5.37. The lowest BCUT2D eigenvalue weighted by atomic mass is 9.72. The van der Waals surface area contributed by atoms with Gasteiger partial charge < -0.3 is 88.5 Å². The van der Waals surface area contributed by atoms with Crippen LogP contribution in [0, 0.1) is 0 Å². The molecule has 6 fully saturated rings. The van der Waals surface area contributed by atoms with Crippen LogP contribution in [0.15, 0.2) is 146 Å². The van der Waals surface area contributed by atoms with E-state index in [0.717, 1.165) is 155 Å². The zero-order chi connectivity index (χ0) is 180. The second kappa shape index (κ2) is 50.0. The van der Waals surface area contributed by atoms with Crippen LogP contribution in [0.2, 0.25) is 0 Å². The van der Waals surface area contributed by atoms with E-state index >= 15 is 0 Å². The summed E-state index contributed by atoms with van der Waals surface area (Å²) in [7, 11) is -10.9. The highest BCUT2D eigenvalue weighted by Gasteiger charge is 2.45. The van der Waals surface area contributed by atoms with Gasteiger partial charge in [0.25, 0.3) is 0 Å². The summed E-state index contributed by atoms with van der Waals surface area (Å²) in [5, 5.41) is 71.3. The van der Waals surface area contributed by atoms with E-state index in [1.54, 1.807) is 0 Å². The van der Waals surface area contributed by atoms with Crippen LogP contribution < -0.4 is 28.4 Å². The molecule has 672 valence electrons. The second-order valence-corrected chi connectivity index (χ2v) is 25.5. The van der Waals surface area contributed by atoms with Gasteiger partial charge in [0, 0.05) is 195 Å². The maximum atomic E-state index is 12.0. The minimum atomic E-state index is -4.40. The van der Waals surface area contributed by atoms with Crippen LogP contribution in [-0.2, 0) is 0 Å². The lowest BCUT2D eigenvalue weighted by molar-refractivity contribution is -0.0280. The summed E-state index contributed by atoms with van der Waals surface area (Å²) >= 11 is 0. The minimum Gasteiger partial charge on any atom is -0.497 e. The summed E-state index contributed by atoms with van der Waals surface area (Å²) in [5.41, 5.74) is -28.7. The van der Waals surface area contributed by atoms with Gasteiger partial charge in [-0.05, 0) is 267 Å². The van der Waals surface area contributed by atoms with Gasteiger partial charge in [-0.2, -0.15) is 0 Å². The molecule has 6 atom stereocenters. The molecule has 6 saturated carbocycles. The minimum absolute atomic E-state index is 0.0377. The van der Waals surface area contributed by atoms with Crippen LogP contribution in [0.5, 0.6) is 34.5 Å². The zero-order valence-corrected chi connectivity index (χ0v) is 64.4. The van der Waals surface area contributed by atoms with Gasteiger partial charge >= 0.3 is 0 Å². The lowest BCUT2D eigenvalue weighted by Gasteiger charge is -2.40. The highest BCUT2D eigenvalue weighted by Crippen LogP contribution is 2.47. The third-order valence-electron chi connectivity index (χ3n) is 16.2. The first-order valence-electron chi connectivity index (χ1n) is 87.4. The third kappa shape index (κ3) is 31.1. The molecule has 12 rings (SSSR count). The van der Waals surface area contributed by atoms with E-state index in [0.29, 0.717) is 29.0 Å². The number of ether oxygens (including phenoxy) is 6. The van der Waals surface area contributed by atoms with Crippen molar-refractivity contribution >= 4 is 0 Å². The quantitative estimate of drug-likeness (QED) is 0.0249. The SMILES string of the molecule is [2H]C([2H])([2H])Oc1ccc(C(C([2H])([2H])N(C([2H])([2H])[2H])C([2H])([2H])[2H])C2(O)C([2H])([2H])C([2H])([2H])C([2H])([2H])C([2H])([2H])C2([2H])[2H])cc1.[2H]C([2H])([2H])Oc1ccc(C(C([2H])([2H])N(C)C([2H])([2H])[2H])C2(O)C([2H])([2H])C([2H])([2H])C([2H])([2H])C([2H])([2H])C2([2H])[2H])cc1.[2H]C([2H])([2H])Oc1ccc(C([2H])(C([2H])([2H])N(C)C)C2(O)C([2H])([2H])C([2H])([2H])C([2H])([2H])C([2H])([2H])C2([2H])[2H])cc1.[2H]C([2H])([2H])Oc1ccc(C([2H])(CN(C([2H])([2H])[2H])C([2H])([2H])[2H])C2(O)C([2H])([2H])C([2H])([2H])C([2H])([2H])C([2H])([2H])C2([2H])[2H])cc1.[2H]C([2H])([2H])Oc1ccc(C([2H])(CN(C)C([2H])([2H])[2H])C2(O)C([2H])([2H])C([2H])([2H])C([2H])([2H])C([2H])([2H])C2([2H])[2H])cc1.[2H]C([2H])([2H])Oc1ccc(C([2H])(CN(C)C)C2(O)C([2H])([2H])C([2H])([2H])C([2H])([2H])C([2H])([2H])C2([2H])[2H])cc1. The Hall–Kier alpha value is -6.36. The predicted octanol–water partition coefficient (Wildman–Crippen LogP) is 18.2. The van der Waals surface area contributed by atoms with Crippen LogP contribution in [-0.4, -0.2) is 259 Å². The van der Waals surface area contributed by atoms with Gasteiger partial charge in [-0.3, -0.25) is 0 Å². The van der Waals surface area contributed by atoms with Crippen LogP contribution in [0.1, 0.15) is 405 Å². The molecule has 0 saturated heterocycles. The van der Waals surface area contributed by atoms with E-state index < -0.39 is 428 Å². The van der Waals surface area contributed by atoms with Gasteiger partial charge in [0.05, 0.1) is 101 Å². The molecular weight excluding hydrogens is 1500 g/mol. The monoisotopic (exact) mass is 1770 g/mol. The summed E-state index contributed by atoms with van der Waals surface area (Å²) in [5.74, 6) is -21.1. The van der Waals surface area contributed by atoms with Gasteiger partial charge in [-0.15, -0.1) is 0 Å². The number of methoxy groups -OCH3 is 6. The Bertz CT molecular complexity index is 8480. The van der Waals surface area contributed by atoms with E-state index in [4.69, 9.17) is 160 Å². The van der Waals surface area contributed by atoms with E-state index in [9.17, 15) is 34.8 Å². The summed E-state index contributed by atoms with van der Waals surface area (Å²) in [6.45, 7) is -35.8. The molecule has 0 amide bonds. The maximum Gasteiger partial charge on any atom is 0.118 e. The Labute approximate surface area is 875 Å². The van der Waals surface area contributed by atoms with Crippen LogP contribution in [0.4, 0.5) is 0 Å². The van der Waals surface area contributed by atoms with Crippen molar-refractivity contribution in [3.8, 4) is 34.5 Å². The number of aliphatic hydroxyl groups is 6. The van der Waals surface area contributed by atoms with Gasteiger partial charge in [-0.1, -0.05) is 188 Å². The summed E-state index contributed by atoms with van der Waals surface area (Å²) in [4.78, 5) is 1.33. The largest absolute Gasteiger partial charge is 0.497 e. The molecule has 18 nitrogen and oxygen atoms in total. The number of nitrogens with zero attached hydrogens (tertiary/aromatic N) is 6. The molecule has 6 aliphatic carbocycles. The number of hydrogen-bond donors (Lipinski definition) is 6. The van der Waals surface area contributed by atoms with Crippen molar-refractivity contribution in [1.82, 2.24) is 29.4 Å². The molecule has 120 heavy (non-hydrogen) atoms. The van der Waals surface area contributed by atoms with Crippen LogP contribution in [0.25, 0.3) is 0 Å². The summed E-state index contributed by atoms with van der Waals surface area (Å²) in [6, 6.07) is 21.2. The average molecular weight is 1770 g/mol. The highest BCUT2D eigenvalue weighted by atomic mass is 16.5. The van der Waals surface area contributed by atoms with Crippen molar-refractivity contribution in [2.75, 3.05) is 165 Å². The van der Waals surface area contributed by atoms with Crippen molar-refractivity contribution in [3.63, 3.8) is 0 Å². The van der Waals surface area contributed by atoms with E-state index in [-0.39, 0.29) is 38.4 Å². The molecule has 0 aromatic heterocycles. The Kier molecular flexibility index (Phi) is 11.8. The van der Waals surface area contributed by atoms with E-state index in [1.165, 1.54) is 19.0 Å². The van der Waals surface area contributed by atoms with Crippen LogP contribution >= 0.6 is 0 Å². The first kappa shape index (κ1) is 28.3. The molecular formula is C102H162N6O12. The number of hydrogen-bond acceptors (Lipinski definition) is 18. The fraction of sp³-hybridized carbons (Fsp3) is 0.647. The maximum absolute atomic E-state index is 12.0. The fourth-order valence-electron chi connectivity index (χ4n) is 10.7. The van der Waals surface area contributed by atoms with Gasteiger partial charge in [0.2, 0.25) is 0 Å². The second-order valence-electron chi connectivity index (χ2n) is 25.5. The number of benzene rings is 6. The molecule has 6 aromatic rings. The average Bonchev–Trinajstić information content (AvgIpc) is 0.633. The van der Waals surface area contributed by atoms with Crippen molar-refractivity contribution in [1.29, 1.82) is 0 Å². The van der Waals surface area contributed by atoms with Gasteiger partial charge in [0.1, 0.15) is 34.5 Å². The van der Waals surface area contributed by atoms with E-state index in [1.807, 2.05) is 0 Å². The Morgan fingerprint density at radius 2 is 0.467 bits per heavy atom. The van der Waals surface area contributed by atoms with Crippen molar-refractivity contribution in [2.45, 2.75) is 260 Å². The molecule has 6 aromatic carbocycles. The Balaban J connectivity index is 0.000000358. The first-order valence-corrected chi connectivity index (χ1v) is 34.4. The van der Waals surface area contributed by atoms with Crippen molar-refractivity contribution < 1.29 is 204 Å². The van der Waals surface area contributed by atoms with Crippen molar-refractivity contribution in [2.24, 2.45) is 0 Å². The Morgan fingerprint density at radius 3 is 0.700 bits per heavy atom. The molecule has 0 radical (unpaired) electrons. The van der Waals surface area contributed by atoms with Gasteiger partial charge in [-0.25, -0.2) is 0 Å². The molecule has 0 heterocycles. The lowest BCUT2D eigenvalue weighted by Crippen LogP contribution is -2.42. The first-order chi connectivity index (χ1) is 97.9. The Morgan fingerprint density at radius 1 is 0.258 bits per heavy atom. The fourth-order valence-corrected chi connectivity index (χ4v) is 10.7. The number of rotatable bonds is 30. The van der Waals surface area contributed by atoms with Crippen LogP contribution in [0.3, 0.4) is 0 Å². The topological polar surface area (TPSA) is 196 Å². The summed E-state index contributed by atoms with van der Waals surface area (Å²) in [6.07, 6.45) is -121. The molecule has 6 aliphatic rings. The zero-order valence-electron chi connectivity index (χ0n) is 170. The molecule has 18 heteroatoms. The number of likely N-dealkylation sites (N-methyl/N-ethyl adjacent to an activating group) is 6. The molecule has 0 spiro atoms. The van der Waals surface area contributed by atoms with E-state index in [2.05, 4.69) is 9.47 Å². The molecule has 6 unspecified atom stereocenters.